The van der Waals surface area contributed by atoms with Crippen LogP contribution < -0.4 is 4.74 Å². The monoisotopic (exact) mass is 246 g/mol. The van der Waals surface area contributed by atoms with Crippen molar-refractivity contribution in [2.24, 2.45) is 0 Å². The van der Waals surface area contributed by atoms with E-state index in [2.05, 4.69) is 5.10 Å². The highest BCUT2D eigenvalue weighted by atomic mass is 16.5. The summed E-state index contributed by atoms with van der Waals surface area (Å²) in [5, 5.41) is 13.9. The summed E-state index contributed by atoms with van der Waals surface area (Å²) < 4.78 is 7.33. The summed E-state index contributed by atoms with van der Waals surface area (Å²) >= 11 is 0. The molecule has 2 aromatic rings. The maximum Gasteiger partial charge on any atom is 0.122 e. The fraction of sp³-hybridized carbons (Fsp3) is 0.357. The molecule has 0 spiro atoms. The van der Waals surface area contributed by atoms with Gasteiger partial charge in [0.25, 0.3) is 0 Å². The van der Waals surface area contributed by atoms with Crippen LogP contribution in [-0.2, 0) is 6.54 Å². The molecule has 1 heterocycles. The van der Waals surface area contributed by atoms with Gasteiger partial charge in [-0.25, -0.2) is 0 Å². The fourth-order valence-electron chi connectivity index (χ4n) is 1.73. The summed E-state index contributed by atoms with van der Waals surface area (Å²) in [6.45, 7) is 4.73. The van der Waals surface area contributed by atoms with Gasteiger partial charge in [-0.3, -0.25) is 4.68 Å². The third-order valence-electron chi connectivity index (χ3n) is 2.73. The van der Waals surface area contributed by atoms with Gasteiger partial charge < -0.3 is 9.84 Å². The lowest BCUT2D eigenvalue weighted by atomic mass is 10.1. The molecule has 18 heavy (non-hydrogen) atoms. The number of benzene rings is 1. The maximum atomic E-state index is 9.86. The van der Waals surface area contributed by atoms with Crippen LogP contribution in [0.1, 0.15) is 11.1 Å². The number of aromatic nitrogens is 2. The van der Waals surface area contributed by atoms with Crippen LogP contribution in [0.5, 0.6) is 5.75 Å². The van der Waals surface area contributed by atoms with Crippen molar-refractivity contribution in [1.29, 1.82) is 0 Å². The summed E-state index contributed by atoms with van der Waals surface area (Å²) in [6.07, 6.45) is 2.95. The summed E-state index contributed by atoms with van der Waals surface area (Å²) in [4.78, 5) is 0. The summed E-state index contributed by atoms with van der Waals surface area (Å²) in [6, 6.07) is 7.88. The number of aliphatic hydroxyl groups excluding tert-OH is 1. The normalized spacial score (nSPS) is 12.4. The Morgan fingerprint density at radius 3 is 2.94 bits per heavy atom. The molecule has 0 unspecified atom stereocenters. The second kappa shape index (κ2) is 5.69. The fourth-order valence-corrected chi connectivity index (χ4v) is 1.73. The lowest BCUT2D eigenvalue weighted by molar-refractivity contribution is 0.0890. The Balaban J connectivity index is 1.89. The van der Waals surface area contributed by atoms with Gasteiger partial charge in [-0.1, -0.05) is 12.1 Å². The van der Waals surface area contributed by atoms with E-state index in [-0.39, 0.29) is 6.61 Å². The van der Waals surface area contributed by atoms with E-state index < -0.39 is 6.10 Å². The van der Waals surface area contributed by atoms with Crippen molar-refractivity contribution in [3.63, 3.8) is 0 Å². The standard InChI is InChI=1S/C14H18N2O2/c1-11-4-5-12(2)14(8-11)18-10-13(17)9-16-7-3-6-15-16/h3-8,13,17H,9-10H2,1-2H3/t13-/m1/s1. The van der Waals surface area contributed by atoms with Gasteiger partial charge in [0.15, 0.2) is 0 Å². The molecule has 4 nitrogen and oxygen atoms in total. The van der Waals surface area contributed by atoms with Crippen molar-refractivity contribution in [2.45, 2.75) is 26.5 Å². The molecule has 4 heteroatoms. The second-order valence-corrected chi connectivity index (χ2v) is 4.46. The molecule has 0 saturated heterocycles. The Morgan fingerprint density at radius 1 is 1.39 bits per heavy atom. The number of ether oxygens (including phenoxy) is 1. The first-order valence-corrected chi connectivity index (χ1v) is 6.00. The first-order valence-electron chi connectivity index (χ1n) is 6.00. The number of rotatable bonds is 5. The largest absolute Gasteiger partial charge is 0.491 e. The van der Waals surface area contributed by atoms with Crippen molar-refractivity contribution >= 4 is 0 Å². The van der Waals surface area contributed by atoms with Gasteiger partial charge in [0.2, 0.25) is 0 Å². The van der Waals surface area contributed by atoms with Crippen LogP contribution in [0.4, 0.5) is 0 Å². The highest BCUT2D eigenvalue weighted by Gasteiger charge is 2.08. The van der Waals surface area contributed by atoms with Gasteiger partial charge >= 0.3 is 0 Å². The lowest BCUT2D eigenvalue weighted by Crippen LogP contribution is -2.24. The Labute approximate surface area is 107 Å². The first-order chi connectivity index (χ1) is 8.65. The zero-order valence-electron chi connectivity index (χ0n) is 10.7. The third-order valence-corrected chi connectivity index (χ3v) is 2.73. The predicted molar refractivity (Wildman–Crippen MR) is 69.6 cm³/mol. The molecule has 0 aliphatic heterocycles. The van der Waals surface area contributed by atoms with Gasteiger partial charge in [0.05, 0.1) is 6.54 Å². The molecule has 1 atom stereocenters. The molecule has 2 rings (SSSR count). The van der Waals surface area contributed by atoms with E-state index in [1.165, 1.54) is 0 Å². The molecule has 0 radical (unpaired) electrons. The molecule has 0 bridgehead atoms. The maximum absolute atomic E-state index is 9.86. The van der Waals surface area contributed by atoms with Crippen LogP contribution >= 0.6 is 0 Å². The number of aryl methyl sites for hydroxylation is 2. The zero-order chi connectivity index (χ0) is 13.0. The molecule has 0 fully saturated rings. The van der Waals surface area contributed by atoms with Crippen LogP contribution in [0.15, 0.2) is 36.7 Å². The molecule has 0 aliphatic rings. The smallest absolute Gasteiger partial charge is 0.122 e. The van der Waals surface area contributed by atoms with Gasteiger partial charge in [0, 0.05) is 12.4 Å². The van der Waals surface area contributed by atoms with Crippen LogP contribution in [0.2, 0.25) is 0 Å². The van der Waals surface area contributed by atoms with E-state index >= 15 is 0 Å². The van der Waals surface area contributed by atoms with E-state index in [4.69, 9.17) is 4.74 Å². The summed E-state index contributed by atoms with van der Waals surface area (Å²) in [5.41, 5.74) is 2.23. The van der Waals surface area contributed by atoms with Gasteiger partial charge in [-0.2, -0.15) is 5.10 Å². The summed E-state index contributed by atoms with van der Waals surface area (Å²) in [7, 11) is 0. The third kappa shape index (κ3) is 3.34. The quantitative estimate of drug-likeness (QED) is 0.877. The summed E-state index contributed by atoms with van der Waals surface area (Å²) in [5.74, 6) is 0.828. The highest BCUT2D eigenvalue weighted by Crippen LogP contribution is 2.19. The molecule has 0 saturated carbocycles. The van der Waals surface area contributed by atoms with Crippen LogP contribution in [0.3, 0.4) is 0 Å². The Morgan fingerprint density at radius 2 is 2.22 bits per heavy atom. The van der Waals surface area contributed by atoms with Crippen LogP contribution in [0, 0.1) is 13.8 Å². The topological polar surface area (TPSA) is 47.3 Å². The predicted octanol–water partition coefficient (Wildman–Crippen LogP) is 1.94. The average molecular weight is 246 g/mol. The minimum absolute atomic E-state index is 0.268. The Bertz CT molecular complexity index is 495. The molecular formula is C14H18N2O2. The molecule has 1 aromatic heterocycles. The van der Waals surface area contributed by atoms with Gasteiger partial charge in [0.1, 0.15) is 18.5 Å². The van der Waals surface area contributed by atoms with Gasteiger partial charge in [-0.15, -0.1) is 0 Å². The van der Waals surface area contributed by atoms with E-state index in [0.717, 1.165) is 16.9 Å². The Kier molecular flexibility index (Phi) is 3.99. The van der Waals surface area contributed by atoms with Crippen LogP contribution in [-0.4, -0.2) is 27.6 Å². The molecule has 0 aliphatic carbocycles. The number of nitrogens with zero attached hydrogens (tertiary/aromatic N) is 2. The van der Waals surface area contributed by atoms with E-state index in [9.17, 15) is 5.11 Å². The lowest BCUT2D eigenvalue weighted by Gasteiger charge is -2.14. The Hall–Kier alpha value is -1.81. The van der Waals surface area contributed by atoms with Crippen molar-refractivity contribution < 1.29 is 9.84 Å². The van der Waals surface area contributed by atoms with E-state index in [1.54, 1.807) is 10.9 Å². The molecule has 1 aromatic carbocycles. The highest BCUT2D eigenvalue weighted by molar-refractivity contribution is 5.35. The SMILES string of the molecule is Cc1ccc(C)c(OC[C@H](O)Cn2cccn2)c1. The van der Waals surface area contributed by atoms with Gasteiger partial charge in [-0.05, 0) is 37.1 Å². The second-order valence-electron chi connectivity index (χ2n) is 4.46. The minimum Gasteiger partial charge on any atom is -0.491 e. The molecular weight excluding hydrogens is 228 g/mol. The molecule has 96 valence electrons. The van der Waals surface area contributed by atoms with E-state index in [1.807, 2.05) is 44.3 Å². The van der Waals surface area contributed by atoms with Crippen molar-refractivity contribution in [2.75, 3.05) is 6.61 Å². The van der Waals surface area contributed by atoms with Crippen molar-refractivity contribution in [3.05, 3.63) is 47.8 Å². The number of hydrogen-bond donors (Lipinski definition) is 1. The number of hydrogen-bond acceptors (Lipinski definition) is 3. The number of aliphatic hydroxyl groups is 1. The zero-order valence-corrected chi connectivity index (χ0v) is 10.7. The van der Waals surface area contributed by atoms with Crippen LogP contribution in [0.25, 0.3) is 0 Å². The molecule has 0 amide bonds. The molecule has 1 N–H and O–H groups in total. The van der Waals surface area contributed by atoms with E-state index in [0.29, 0.717) is 6.54 Å². The average Bonchev–Trinajstić information content (AvgIpc) is 2.83. The van der Waals surface area contributed by atoms with Crippen molar-refractivity contribution in [1.82, 2.24) is 9.78 Å². The minimum atomic E-state index is -0.565. The van der Waals surface area contributed by atoms with Crippen molar-refractivity contribution in [3.8, 4) is 5.75 Å². The first kappa shape index (κ1) is 12.6.